The van der Waals surface area contributed by atoms with Gasteiger partial charge < -0.3 is 24.3 Å². The van der Waals surface area contributed by atoms with E-state index in [1.165, 1.54) is 30.3 Å². The molecule has 1 fully saturated rings. The molecule has 132 valence electrons. The second-order valence-electron chi connectivity index (χ2n) is 5.65. The topological polar surface area (TPSA) is 98.0 Å². The number of carbonyl (C=O) groups is 2. The maximum absolute atomic E-state index is 12.8. The van der Waals surface area contributed by atoms with Gasteiger partial charge in [0, 0.05) is 13.0 Å². The number of carboxylic acid groups (broad SMARTS) is 1. The Bertz CT molecular complexity index is 764. The quantitative estimate of drug-likeness (QED) is 0.827. The van der Waals surface area contributed by atoms with Crippen LogP contribution in [-0.4, -0.2) is 35.7 Å². The van der Waals surface area contributed by atoms with Crippen LogP contribution in [0.2, 0.25) is 0 Å². The van der Waals surface area contributed by atoms with Crippen LogP contribution in [0.1, 0.15) is 22.7 Å². The number of furan rings is 1. The largest absolute Gasteiger partial charge is 0.486 e. The zero-order valence-corrected chi connectivity index (χ0v) is 13.2. The molecule has 0 aliphatic carbocycles. The van der Waals surface area contributed by atoms with Crippen molar-refractivity contribution in [3.05, 3.63) is 53.7 Å². The summed E-state index contributed by atoms with van der Waals surface area (Å²) in [4.78, 5) is 23.6. The van der Waals surface area contributed by atoms with E-state index in [-0.39, 0.29) is 37.8 Å². The predicted octanol–water partition coefficient (Wildman–Crippen LogP) is 1.97. The average molecular weight is 349 g/mol. The number of carbonyl (C=O) groups excluding carboxylic acids is 1. The SMILES string of the molecule is O=C(NC1(C(=O)O)CCOC1)c1ccc(COc2ccc(F)cc2)o1. The van der Waals surface area contributed by atoms with Crippen LogP contribution in [0.3, 0.4) is 0 Å². The molecule has 1 aromatic carbocycles. The Morgan fingerprint density at radius 3 is 2.64 bits per heavy atom. The Morgan fingerprint density at radius 2 is 2.00 bits per heavy atom. The fourth-order valence-electron chi connectivity index (χ4n) is 2.43. The van der Waals surface area contributed by atoms with Crippen LogP contribution in [-0.2, 0) is 16.1 Å². The van der Waals surface area contributed by atoms with Crippen molar-refractivity contribution < 1.29 is 33.0 Å². The van der Waals surface area contributed by atoms with Crippen molar-refractivity contribution in [1.29, 1.82) is 0 Å². The van der Waals surface area contributed by atoms with Crippen LogP contribution >= 0.6 is 0 Å². The maximum Gasteiger partial charge on any atom is 0.331 e. The number of rotatable bonds is 6. The van der Waals surface area contributed by atoms with E-state index in [4.69, 9.17) is 13.9 Å². The monoisotopic (exact) mass is 349 g/mol. The molecular formula is C17H16FNO6. The maximum atomic E-state index is 12.8. The highest BCUT2D eigenvalue weighted by atomic mass is 19.1. The summed E-state index contributed by atoms with van der Waals surface area (Å²) in [7, 11) is 0. The summed E-state index contributed by atoms with van der Waals surface area (Å²) >= 11 is 0. The molecule has 1 saturated heterocycles. The van der Waals surface area contributed by atoms with Crippen LogP contribution < -0.4 is 10.1 Å². The van der Waals surface area contributed by atoms with Crippen molar-refractivity contribution in [3.63, 3.8) is 0 Å². The van der Waals surface area contributed by atoms with Gasteiger partial charge in [-0.25, -0.2) is 9.18 Å². The molecule has 0 spiro atoms. The first-order chi connectivity index (χ1) is 12.0. The fraction of sp³-hybridized carbons (Fsp3) is 0.294. The number of nitrogens with one attached hydrogen (secondary N) is 1. The number of benzene rings is 1. The minimum Gasteiger partial charge on any atom is -0.486 e. The summed E-state index contributed by atoms with van der Waals surface area (Å²) in [5.41, 5.74) is -1.44. The van der Waals surface area contributed by atoms with Crippen molar-refractivity contribution in [2.75, 3.05) is 13.2 Å². The normalized spacial score (nSPS) is 19.6. The van der Waals surface area contributed by atoms with Crippen LogP contribution in [0.5, 0.6) is 5.75 Å². The summed E-state index contributed by atoms with van der Waals surface area (Å²) in [6.07, 6.45) is 0.190. The Labute approximate surface area is 142 Å². The third-order valence-corrected chi connectivity index (χ3v) is 3.86. The minimum absolute atomic E-state index is 0.0229. The van der Waals surface area contributed by atoms with Gasteiger partial charge in [-0.2, -0.15) is 0 Å². The summed E-state index contributed by atoms with van der Waals surface area (Å²) in [6, 6.07) is 8.48. The Morgan fingerprint density at radius 1 is 1.24 bits per heavy atom. The van der Waals surface area contributed by atoms with Crippen molar-refractivity contribution in [2.45, 2.75) is 18.6 Å². The van der Waals surface area contributed by atoms with E-state index in [1.807, 2.05) is 0 Å². The minimum atomic E-state index is -1.44. The molecule has 2 aromatic rings. The van der Waals surface area contributed by atoms with Crippen LogP contribution in [0.15, 0.2) is 40.8 Å². The van der Waals surface area contributed by atoms with Gasteiger partial charge in [-0.1, -0.05) is 0 Å². The molecule has 3 rings (SSSR count). The molecule has 0 bridgehead atoms. The lowest BCUT2D eigenvalue weighted by Crippen LogP contribution is -2.55. The Kier molecular flexibility index (Phi) is 4.71. The summed E-state index contributed by atoms with van der Waals surface area (Å²) in [5.74, 6) is -1.35. The number of hydrogen-bond donors (Lipinski definition) is 2. The van der Waals surface area contributed by atoms with Crippen LogP contribution in [0.25, 0.3) is 0 Å². The molecule has 1 amide bonds. The Balaban J connectivity index is 1.61. The van der Waals surface area contributed by atoms with Gasteiger partial charge >= 0.3 is 5.97 Å². The molecule has 0 radical (unpaired) electrons. The van der Waals surface area contributed by atoms with E-state index in [9.17, 15) is 19.1 Å². The van der Waals surface area contributed by atoms with E-state index in [1.54, 1.807) is 6.07 Å². The first-order valence-electron chi connectivity index (χ1n) is 7.59. The smallest absolute Gasteiger partial charge is 0.331 e. The summed E-state index contributed by atoms with van der Waals surface area (Å²) < 4.78 is 28.7. The lowest BCUT2D eigenvalue weighted by atomic mass is 9.99. The van der Waals surface area contributed by atoms with E-state index in [0.717, 1.165) is 0 Å². The van der Waals surface area contributed by atoms with E-state index >= 15 is 0 Å². The van der Waals surface area contributed by atoms with Crippen LogP contribution in [0.4, 0.5) is 4.39 Å². The molecule has 25 heavy (non-hydrogen) atoms. The first kappa shape index (κ1) is 17.0. The number of amides is 1. The van der Waals surface area contributed by atoms with E-state index < -0.39 is 17.4 Å². The Hall–Kier alpha value is -2.87. The summed E-state index contributed by atoms with van der Waals surface area (Å²) in [6.45, 7) is 0.225. The molecule has 1 aliphatic rings. The highest BCUT2D eigenvalue weighted by molar-refractivity contribution is 5.96. The third kappa shape index (κ3) is 3.80. The molecule has 2 heterocycles. The van der Waals surface area contributed by atoms with Crippen LogP contribution in [0, 0.1) is 5.82 Å². The number of halogens is 1. The first-order valence-corrected chi connectivity index (χ1v) is 7.59. The molecular weight excluding hydrogens is 333 g/mol. The second kappa shape index (κ2) is 6.94. The highest BCUT2D eigenvalue weighted by Crippen LogP contribution is 2.21. The van der Waals surface area contributed by atoms with E-state index in [2.05, 4.69) is 5.32 Å². The lowest BCUT2D eigenvalue weighted by Gasteiger charge is -2.22. The van der Waals surface area contributed by atoms with Gasteiger partial charge in [0.05, 0.1) is 6.61 Å². The van der Waals surface area contributed by atoms with Crippen molar-refractivity contribution in [1.82, 2.24) is 5.32 Å². The zero-order valence-electron chi connectivity index (χ0n) is 13.2. The molecule has 1 unspecified atom stereocenters. The predicted molar refractivity (Wildman–Crippen MR) is 82.7 cm³/mol. The van der Waals surface area contributed by atoms with Crippen molar-refractivity contribution >= 4 is 11.9 Å². The van der Waals surface area contributed by atoms with Gasteiger partial charge in [-0.3, -0.25) is 4.79 Å². The van der Waals surface area contributed by atoms with Gasteiger partial charge in [0.1, 0.15) is 23.9 Å². The van der Waals surface area contributed by atoms with Gasteiger partial charge in [0.25, 0.3) is 5.91 Å². The zero-order chi connectivity index (χ0) is 17.9. The third-order valence-electron chi connectivity index (χ3n) is 3.86. The van der Waals surface area contributed by atoms with Crippen molar-refractivity contribution in [3.8, 4) is 5.75 Å². The molecule has 2 N–H and O–H groups in total. The fourth-order valence-corrected chi connectivity index (χ4v) is 2.43. The highest BCUT2D eigenvalue weighted by Gasteiger charge is 2.44. The van der Waals surface area contributed by atoms with Gasteiger partial charge in [0.15, 0.2) is 11.3 Å². The molecule has 1 aliphatic heterocycles. The standard InChI is InChI=1S/C17H16FNO6/c18-11-1-3-12(4-2-11)24-9-13-5-6-14(25-13)15(20)19-17(16(21)22)7-8-23-10-17/h1-6H,7-10H2,(H,19,20)(H,21,22). The van der Waals surface area contributed by atoms with E-state index in [0.29, 0.717) is 11.5 Å². The number of ether oxygens (including phenoxy) is 2. The summed E-state index contributed by atoms with van der Waals surface area (Å²) in [5, 5.41) is 11.8. The molecule has 8 heteroatoms. The number of carboxylic acids is 1. The average Bonchev–Trinajstić information content (AvgIpc) is 3.24. The number of hydrogen-bond acceptors (Lipinski definition) is 5. The molecule has 1 aromatic heterocycles. The number of aliphatic carboxylic acids is 1. The van der Waals surface area contributed by atoms with Gasteiger partial charge in [-0.15, -0.1) is 0 Å². The second-order valence-corrected chi connectivity index (χ2v) is 5.65. The van der Waals surface area contributed by atoms with Gasteiger partial charge in [-0.05, 0) is 36.4 Å². The van der Waals surface area contributed by atoms with Crippen molar-refractivity contribution in [2.24, 2.45) is 0 Å². The lowest BCUT2D eigenvalue weighted by molar-refractivity contribution is -0.144. The molecule has 1 atom stereocenters. The van der Waals surface area contributed by atoms with Gasteiger partial charge in [0.2, 0.25) is 0 Å². The molecule has 0 saturated carbocycles. The molecule has 7 nitrogen and oxygen atoms in total.